The minimum absolute atomic E-state index is 0.0775. The van der Waals surface area contributed by atoms with Crippen molar-refractivity contribution < 1.29 is 80.2 Å². The number of aliphatic hydroxyl groups excluding tert-OH is 1. The van der Waals surface area contributed by atoms with Crippen LogP contribution >= 0.6 is 15.6 Å². The van der Waals surface area contributed by atoms with Gasteiger partial charge in [0.1, 0.15) is 19.3 Å². The van der Waals surface area contributed by atoms with E-state index < -0.39 is 97.5 Å². The lowest BCUT2D eigenvalue weighted by atomic mass is 10.1. The maximum absolute atomic E-state index is 13.1. The summed E-state index contributed by atoms with van der Waals surface area (Å²) in [5, 5.41) is 10.6. The summed E-state index contributed by atoms with van der Waals surface area (Å²) < 4.78 is 68.5. The van der Waals surface area contributed by atoms with E-state index in [2.05, 4.69) is 149 Å². The van der Waals surface area contributed by atoms with E-state index in [0.29, 0.717) is 25.7 Å². The smallest absolute Gasteiger partial charge is 0.462 e. The minimum atomic E-state index is -4.98. The van der Waals surface area contributed by atoms with E-state index in [0.717, 1.165) is 193 Å². The molecule has 0 saturated carbocycles. The lowest BCUT2D eigenvalue weighted by Gasteiger charge is -2.21. The van der Waals surface area contributed by atoms with Gasteiger partial charge in [-0.15, -0.1) is 0 Å². The second kappa shape index (κ2) is 74.7. The molecule has 102 heavy (non-hydrogen) atoms. The molecule has 0 fully saturated rings. The highest BCUT2D eigenvalue weighted by Gasteiger charge is 2.30. The third kappa shape index (κ3) is 73.8. The number of hydrogen-bond acceptors (Lipinski definition) is 15. The topological polar surface area (TPSA) is 237 Å². The number of hydrogen-bond donors (Lipinski definition) is 3. The molecule has 0 spiro atoms. The maximum Gasteiger partial charge on any atom is 0.472 e. The highest BCUT2D eigenvalue weighted by Crippen LogP contribution is 2.45. The summed E-state index contributed by atoms with van der Waals surface area (Å²) in [6.45, 7) is 4.57. The average molecular weight is 1470 g/mol. The van der Waals surface area contributed by atoms with Gasteiger partial charge in [-0.1, -0.05) is 265 Å². The summed E-state index contributed by atoms with van der Waals surface area (Å²) >= 11 is 0. The number of rotatable bonds is 74. The maximum atomic E-state index is 13.1. The molecule has 0 aromatic rings. The molecule has 0 amide bonds. The Kier molecular flexibility index (Phi) is 71.4. The van der Waals surface area contributed by atoms with Crippen molar-refractivity contribution in [3.63, 3.8) is 0 Å². The lowest BCUT2D eigenvalue weighted by molar-refractivity contribution is -0.161. The lowest BCUT2D eigenvalue weighted by Crippen LogP contribution is -2.30. The first-order valence-electron chi connectivity index (χ1n) is 39.8. The van der Waals surface area contributed by atoms with Crippen LogP contribution < -0.4 is 0 Å². The fraction of sp³-hybridized carbons (Fsp3) is 0.711. The molecule has 3 N–H and O–H groups in total. The second-order valence-electron chi connectivity index (χ2n) is 26.2. The molecule has 0 aliphatic carbocycles. The Bertz CT molecular complexity index is 2410. The Morgan fingerprint density at radius 2 is 0.510 bits per heavy atom. The molecule has 0 aliphatic rings. The van der Waals surface area contributed by atoms with E-state index in [4.69, 9.17) is 37.0 Å². The number of esters is 4. The largest absolute Gasteiger partial charge is 0.472 e. The molecule has 586 valence electrons. The van der Waals surface area contributed by atoms with Crippen LogP contribution in [0.4, 0.5) is 0 Å². The molecule has 0 bridgehead atoms. The summed E-state index contributed by atoms with van der Waals surface area (Å²) in [6, 6.07) is 0. The van der Waals surface area contributed by atoms with E-state index in [-0.39, 0.29) is 25.7 Å². The Morgan fingerprint density at radius 3 is 0.794 bits per heavy atom. The van der Waals surface area contributed by atoms with Gasteiger partial charge in [-0.3, -0.25) is 37.3 Å². The van der Waals surface area contributed by atoms with Gasteiger partial charge >= 0.3 is 39.5 Å². The first-order chi connectivity index (χ1) is 49.7. The molecule has 0 rings (SSSR count). The number of allylic oxidation sites excluding steroid dienone is 20. The molecule has 0 aliphatic heterocycles. The molecule has 5 atom stereocenters. The van der Waals surface area contributed by atoms with Crippen molar-refractivity contribution in [2.45, 2.75) is 341 Å². The van der Waals surface area contributed by atoms with Crippen molar-refractivity contribution in [1.82, 2.24) is 0 Å². The zero-order valence-electron chi connectivity index (χ0n) is 64.0. The minimum Gasteiger partial charge on any atom is -0.462 e. The van der Waals surface area contributed by atoms with Crippen LogP contribution in [0.1, 0.15) is 323 Å². The van der Waals surface area contributed by atoms with Crippen molar-refractivity contribution in [2.75, 3.05) is 39.6 Å². The van der Waals surface area contributed by atoms with Crippen molar-refractivity contribution in [3.05, 3.63) is 122 Å². The molecule has 17 nitrogen and oxygen atoms in total. The van der Waals surface area contributed by atoms with E-state index in [1.54, 1.807) is 0 Å². The average Bonchev–Trinajstić information content (AvgIpc) is 0.909. The highest BCUT2D eigenvalue weighted by atomic mass is 31.2. The number of carbonyl (C=O) groups is 4. The van der Waals surface area contributed by atoms with Gasteiger partial charge < -0.3 is 33.8 Å². The summed E-state index contributed by atoms with van der Waals surface area (Å²) in [4.78, 5) is 73.0. The number of unbranched alkanes of at least 4 members (excludes halogenated alkanes) is 28. The van der Waals surface area contributed by atoms with Crippen LogP contribution in [0.5, 0.6) is 0 Å². The van der Waals surface area contributed by atoms with Gasteiger partial charge in [0.25, 0.3) is 0 Å². The van der Waals surface area contributed by atoms with Crippen LogP contribution in [0.2, 0.25) is 0 Å². The Labute approximate surface area is 619 Å². The molecule has 5 unspecified atom stereocenters. The predicted octanol–water partition coefficient (Wildman–Crippen LogP) is 23.1. The van der Waals surface area contributed by atoms with Crippen molar-refractivity contribution >= 4 is 39.5 Å². The highest BCUT2D eigenvalue weighted by molar-refractivity contribution is 7.47. The van der Waals surface area contributed by atoms with Gasteiger partial charge in [0.15, 0.2) is 12.2 Å². The standard InChI is InChI=1S/C83H142O17P2/c1-5-9-13-17-21-25-29-33-35-37-38-40-42-46-48-52-56-60-64-68-81(86)94-74-79(100-83(88)70-66-62-58-54-50-44-32-28-24-20-16-12-8-4)76-98-102(91,92)96-72-77(84)71-95-101(89,90)97-75-78(99-82(87)69-65-61-57-53-49-43-31-27-23-19-15-11-7-3)73-93-80(85)67-63-59-55-51-47-45-41-39-36-34-30-26-22-18-14-10-6-2/h9-10,13-14,21-22,25-28,31-36,38,40-41,45,77-79,84H,5-8,11-12,15-20,23-24,29-30,37,39,42-44,46-76H2,1-4H3,(H,89,90)(H,91,92)/b13-9-,14-10-,25-21-,26-22-,31-27-,32-28-,35-33-,36-34-,40-38-,45-41-. The SMILES string of the molecule is CC/C=C\C/C=C\C/C=C\C/C=C\CCCCCCCCC(=O)OCC(COP(=O)(O)OCC(O)COP(=O)(O)OCC(COC(=O)CCCCCC/C=C\C/C=C\C/C=C\C/C=C\CC)OC(=O)CCCCCCC/C=C\CCCCCC)OC(=O)CCCCCCC/C=C\CCCCCC. The van der Waals surface area contributed by atoms with Gasteiger partial charge in [-0.2, -0.15) is 0 Å². The Hall–Kier alpha value is -4.54. The van der Waals surface area contributed by atoms with E-state index >= 15 is 0 Å². The number of carbonyl (C=O) groups excluding carboxylic acids is 4. The number of ether oxygens (including phenoxy) is 4. The summed E-state index contributed by atoms with van der Waals surface area (Å²) in [6.07, 6.45) is 81.7. The summed E-state index contributed by atoms with van der Waals surface area (Å²) in [7, 11) is -9.97. The fourth-order valence-electron chi connectivity index (χ4n) is 10.4. The number of phosphoric ester groups is 2. The third-order valence-electron chi connectivity index (χ3n) is 16.4. The fourth-order valence-corrected chi connectivity index (χ4v) is 11.9. The van der Waals surface area contributed by atoms with E-state index in [9.17, 15) is 43.2 Å². The molecule has 0 aromatic carbocycles. The van der Waals surface area contributed by atoms with Gasteiger partial charge in [0, 0.05) is 25.7 Å². The first kappa shape index (κ1) is 97.5. The molecular weight excluding hydrogens is 1330 g/mol. The molecule has 0 radical (unpaired) electrons. The summed E-state index contributed by atoms with van der Waals surface area (Å²) in [5.41, 5.74) is 0. The quantitative estimate of drug-likeness (QED) is 0.0169. The monoisotopic (exact) mass is 1470 g/mol. The van der Waals surface area contributed by atoms with Crippen LogP contribution in [0.3, 0.4) is 0 Å². The van der Waals surface area contributed by atoms with Crippen molar-refractivity contribution in [2.24, 2.45) is 0 Å². The van der Waals surface area contributed by atoms with Gasteiger partial charge in [0.05, 0.1) is 26.4 Å². The second-order valence-corrected chi connectivity index (χ2v) is 29.1. The van der Waals surface area contributed by atoms with E-state index in [1.165, 1.54) is 51.4 Å². The van der Waals surface area contributed by atoms with Crippen LogP contribution in [0, 0.1) is 0 Å². The zero-order chi connectivity index (χ0) is 74.6. The third-order valence-corrected chi connectivity index (χ3v) is 18.3. The molecule has 0 aromatic heterocycles. The van der Waals surface area contributed by atoms with Gasteiger partial charge in [-0.05, 0) is 154 Å². The first-order valence-corrected chi connectivity index (χ1v) is 42.8. The Morgan fingerprint density at radius 1 is 0.284 bits per heavy atom. The van der Waals surface area contributed by atoms with Crippen LogP contribution in [0.15, 0.2) is 122 Å². The van der Waals surface area contributed by atoms with Crippen LogP contribution in [-0.2, 0) is 65.4 Å². The van der Waals surface area contributed by atoms with E-state index in [1.807, 2.05) is 0 Å². The Balaban J connectivity index is 5.36. The number of phosphoric acid groups is 2. The molecular formula is C83H142O17P2. The van der Waals surface area contributed by atoms with Gasteiger partial charge in [-0.25, -0.2) is 9.13 Å². The van der Waals surface area contributed by atoms with Crippen LogP contribution in [-0.4, -0.2) is 96.7 Å². The van der Waals surface area contributed by atoms with Gasteiger partial charge in [0.2, 0.25) is 0 Å². The van der Waals surface area contributed by atoms with Crippen molar-refractivity contribution in [1.29, 1.82) is 0 Å². The van der Waals surface area contributed by atoms with Crippen molar-refractivity contribution in [3.8, 4) is 0 Å². The molecule has 0 saturated heterocycles. The normalized spacial score (nSPS) is 14.5. The molecule has 19 heteroatoms. The number of aliphatic hydroxyl groups is 1. The predicted molar refractivity (Wildman–Crippen MR) is 418 cm³/mol. The molecule has 0 heterocycles. The zero-order valence-corrected chi connectivity index (χ0v) is 65.8. The van der Waals surface area contributed by atoms with Crippen LogP contribution in [0.25, 0.3) is 0 Å². The summed E-state index contributed by atoms with van der Waals surface area (Å²) in [5.74, 6) is -2.23.